The highest BCUT2D eigenvalue weighted by molar-refractivity contribution is 9.10. The average molecular weight is 367 g/mol. The zero-order valence-electron chi connectivity index (χ0n) is 12.5. The predicted molar refractivity (Wildman–Crippen MR) is 97.6 cm³/mol. The van der Waals surface area contributed by atoms with Gasteiger partial charge in [0.1, 0.15) is 5.52 Å². The predicted octanol–water partition coefficient (Wildman–Crippen LogP) is 4.74. The summed E-state index contributed by atoms with van der Waals surface area (Å²) in [6.07, 6.45) is 2.66. The van der Waals surface area contributed by atoms with Crippen LogP contribution in [0.25, 0.3) is 16.6 Å². The minimum absolute atomic E-state index is 0.193. The Morgan fingerprint density at radius 1 is 1.22 bits per heavy atom. The molecule has 1 aromatic heterocycles. The molecule has 4 heteroatoms. The molecule has 2 heterocycles. The molecule has 0 unspecified atom stereocenters. The standard InChI is InChI=1S/C19H15BrN2O/c1-12(22-10-8-14-11-15(20)5-7-17(14)22)16-6-4-13-3-2-9-21-18(13)19(16)23/h2-7,9,11,23H,1,8,10H2. The highest BCUT2D eigenvalue weighted by Gasteiger charge is 2.24. The fraction of sp³-hybridized carbons (Fsp3) is 0.105. The van der Waals surface area contributed by atoms with Gasteiger partial charge in [-0.3, -0.25) is 4.98 Å². The molecule has 2 aromatic carbocycles. The van der Waals surface area contributed by atoms with Crippen molar-refractivity contribution >= 4 is 38.2 Å². The number of anilines is 1. The van der Waals surface area contributed by atoms with Crippen LogP contribution in [0.15, 0.2) is 59.7 Å². The number of aromatic hydroxyl groups is 1. The van der Waals surface area contributed by atoms with Gasteiger partial charge in [0.15, 0.2) is 5.75 Å². The lowest BCUT2D eigenvalue weighted by atomic mass is 10.1. The number of nitrogens with zero attached hydrogens (tertiary/aromatic N) is 2. The molecule has 0 saturated heterocycles. The molecule has 3 aromatic rings. The van der Waals surface area contributed by atoms with Crippen LogP contribution in [0, 0.1) is 0 Å². The van der Waals surface area contributed by atoms with Crippen molar-refractivity contribution in [2.24, 2.45) is 0 Å². The lowest BCUT2D eigenvalue weighted by Gasteiger charge is -2.23. The Balaban J connectivity index is 1.78. The van der Waals surface area contributed by atoms with Crippen LogP contribution in [0.1, 0.15) is 11.1 Å². The zero-order chi connectivity index (χ0) is 16.0. The molecule has 114 valence electrons. The number of phenolic OH excluding ortho intramolecular Hbond substituents is 1. The summed E-state index contributed by atoms with van der Waals surface area (Å²) in [4.78, 5) is 6.45. The molecule has 0 bridgehead atoms. The van der Waals surface area contributed by atoms with Crippen molar-refractivity contribution in [2.45, 2.75) is 6.42 Å². The smallest absolute Gasteiger partial charge is 0.151 e. The Labute approximate surface area is 143 Å². The second-order valence-corrected chi connectivity index (χ2v) is 6.57. The third kappa shape index (κ3) is 2.30. The Kier molecular flexibility index (Phi) is 3.34. The molecule has 1 aliphatic rings. The van der Waals surface area contributed by atoms with E-state index in [1.54, 1.807) is 6.20 Å². The molecule has 0 saturated carbocycles. The molecule has 1 aliphatic heterocycles. The van der Waals surface area contributed by atoms with Crippen LogP contribution in [0.2, 0.25) is 0 Å². The quantitative estimate of drug-likeness (QED) is 0.711. The maximum atomic E-state index is 10.6. The summed E-state index contributed by atoms with van der Waals surface area (Å²) < 4.78 is 1.08. The molecule has 0 spiro atoms. The van der Waals surface area contributed by atoms with Crippen molar-refractivity contribution in [1.29, 1.82) is 0 Å². The first-order chi connectivity index (χ1) is 11.1. The number of rotatable bonds is 2. The lowest BCUT2D eigenvalue weighted by molar-refractivity contribution is 0.478. The van der Waals surface area contributed by atoms with Crippen LogP contribution >= 0.6 is 15.9 Å². The van der Waals surface area contributed by atoms with Crippen molar-refractivity contribution in [3.05, 3.63) is 70.8 Å². The van der Waals surface area contributed by atoms with E-state index in [0.29, 0.717) is 5.52 Å². The van der Waals surface area contributed by atoms with Crippen LogP contribution in [0.3, 0.4) is 0 Å². The first-order valence-electron chi connectivity index (χ1n) is 7.47. The monoisotopic (exact) mass is 366 g/mol. The highest BCUT2D eigenvalue weighted by Crippen LogP contribution is 2.39. The molecule has 23 heavy (non-hydrogen) atoms. The Morgan fingerprint density at radius 2 is 2.09 bits per heavy atom. The van der Waals surface area contributed by atoms with Crippen LogP contribution in [0.5, 0.6) is 5.75 Å². The first-order valence-corrected chi connectivity index (χ1v) is 8.26. The summed E-state index contributed by atoms with van der Waals surface area (Å²) in [5.74, 6) is 0.193. The number of pyridine rings is 1. The van der Waals surface area contributed by atoms with Gasteiger partial charge in [-0.2, -0.15) is 0 Å². The zero-order valence-corrected chi connectivity index (χ0v) is 14.0. The molecule has 0 amide bonds. The van der Waals surface area contributed by atoms with Crippen LogP contribution in [0.4, 0.5) is 5.69 Å². The molecule has 4 rings (SSSR count). The largest absolute Gasteiger partial charge is 0.505 e. The van der Waals surface area contributed by atoms with Gasteiger partial charge in [-0.25, -0.2) is 0 Å². The number of aromatic nitrogens is 1. The van der Waals surface area contributed by atoms with Crippen LogP contribution in [-0.2, 0) is 6.42 Å². The SMILES string of the molecule is C=C(c1ccc2cccnc2c1O)N1CCc2cc(Br)ccc21. The molecule has 0 aliphatic carbocycles. The normalized spacial score (nSPS) is 13.3. The van der Waals surface area contributed by atoms with Crippen molar-refractivity contribution in [1.82, 2.24) is 4.98 Å². The molecular weight excluding hydrogens is 352 g/mol. The van der Waals surface area contributed by atoms with E-state index in [9.17, 15) is 5.11 Å². The van der Waals surface area contributed by atoms with Crippen molar-refractivity contribution in [3.63, 3.8) is 0 Å². The summed E-state index contributed by atoms with van der Waals surface area (Å²) in [5.41, 5.74) is 4.59. The van der Waals surface area contributed by atoms with Gasteiger partial charge >= 0.3 is 0 Å². The first kappa shape index (κ1) is 14.3. The van der Waals surface area contributed by atoms with Gasteiger partial charge in [-0.05, 0) is 42.3 Å². The Hall–Kier alpha value is -2.33. The van der Waals surface area contributed by atoms with Crippen molar-refractivity contribution in [2.75, 3.05) is 11.4 Å². The van der Waals surface area contributed by atoms with Gasteiger partial charge < -0.3 is 10.0 Å². The maximum Gasteiger partial charge on any atom is 0.151 e. The maximum absolute atomic E-state index is 10.6. The van der Waals surface area contributed by atoms with Crippen molar-refractivity contribution < 1.29 is 5.11 Å². The molecule has 0 fully saturated rings. The van der Waals surface area contributed by atoms with E-state index < -0.39 is 0 Å². The van der Waals surface area contributed by atoms with Crippen molar-refractivity contribution in [3.8, 4) is 5.75 Å². The summed E-state index contributed by atoms with van der Waals surface area (Å²) in [5, 5.41) is 11.5. The van der Waals surface area contributed by atoms with E-state index in [1.807, 2.05) is 30.3 Å². The minimum atomic E-state index is 0.193. The number of benzene rings is 2. The summed E-state index contributed by atoms with van der Waals surface area (Å²) >= 11 is 3.52. The van der Waals surface area contributed by atoms with E-state index in [4.69, 9.17) is 0 Å². The third-order valence-electron chi connectivity index (χ3n) is 4.32. The second kappa shape index (κ2) is 5.39. The number of fused-ring (bicyclic) bond motifs is 2. The molecule has 3 nitrogen and oxygen atoms in total. The second-order valence-electron chi connectivity index (χ2n) is 5.66. The fourth-order valence-electron chi connectivity index (χ4n) is 3.16. The topological polar surface area (TPSA) is 36.4 Å². The lowest BCUT2D eigenvalue weighted by Crippen LogP contribution is -2.17. The number of hydrogen-bond donors (Lipinski definition) is 1. The molecular formula is C19H15BrN2O. The van der Waals surface area contributed by atoms with E-state index in [1.165, 1.54) is 5.56 Å². The summed E-state index contributed by atoms with van der Waals surface area (Å²) in [7, 11) is 0. The van der Waals surface area contributed by atoms with E-state index in [-0.39, 0.29) is 5.75 Å². The minimum Gasteiger partial charge on any atom is -0.505 e. The molecule has 0 radical (unpaired) electrons. The number of halogens is 1. The number of phenols is 1. The van der Waals surface area contributed by atoms with Gasteiger partial charge in [0.2, 0.25) is 0 Å². The summed E-state index contributed by atoms with van der Waals surface area (Å²) in [6, 6.07) is 14.0. The van der Waals surface area contributed by atoms with Crippen LogP contribution in [-0.4, -0.2) is 16.6 Å². The number of hydrogen-bond acceptors (Lipinski definition) is 3. The van der Waals surface area contributed by atoms with Crippen LogP contribution < -0.4 is 4.90 Å². The molecule has 1 N–H and O–H groups in total. The Morgan fingerprint density at radius 3 is 2.96 bits per heavy atom. The summed E-state index contributed by atoms with van der Waals surface area (Å²) in [6.45, 7) is 5.09. The molecule has 0 atom stereocenters. The van der Waals surface area contributed by atoms with Gasteiger partial charge in [0.25, 0.3) is 0 Å². The van der Waals surface area contributed by atoms with E-state index in [2.05, 4.69) is 44.5 Å². The van der Waals surface area contributed by atoms with Gasteiger partial charge in [-0.1, -0.05) is 34.6 Å². The van der Waals surface area contributed by atoms with E-state index >= 15 is 0 Å². The van der Waals surface area contributed by atoms with E-state index in [0.717, 1.165) is 39.8 Å². The highest BCUT2D eigenvalue weighted by atomic mass is 79.9. The third-order valence-corrected chi connectivity index (χ3v) is 4.81. The van der Waals surface area contributed by atoms with Gasteiger partial charge in [0, 0.05) is 39.5 Å². The van der Waals surface area contributed by atoms with Gasteiger partial charge in [0.05, 0.1) is 0 Å². The average Bonchev–Trinajstić information content (AvgIpc) is 2.98. The van der Waals surface area contributed by atoms with Gasteiger partial charge in [-0.15, -0.1) is 0 Å². The fourth-order valence-corrected chi connectivity index (χ4v) is 3.57. The Bertz CT molecular complexity index is 936.